The topological polar surface area (TPSA) is 50.2 Å². The van der Waals surface area contributed by atoms with E-state index in [0.29, 0.717) is 18.2 Å². The number of anilines is 1. The Hall–Kier alpha value is -2.30. The number of carbonyl (C=O) groups excluding carboxylic acids is 1. The van der Waals surface area contributed by atoms with Gasteiger partial charge in [-0.3, -0.25) is 9.48 Å². The van der Waals surface area contributed by atoms with Crippen LogP contribution in [0.1, 0.15) is 35.8 Å². The van der Waals surface area contributed by atoms with Gasteiger partial charge in [0.15, 0.2) is 0 Å². The third-order valence-corrected chi connectivity index (χ3v) is 3.20. The van der Waals surface area contributed by atoms with Gasteiger partial charge in [-0.2, -0.15) is 5.10 Å². The molecule has 0 fully saturated rings. The lowest BCUT2D eigenvalue weighted by Gasteiger charge is -2.12. The fourth-order valence-electron chi connectivity index (χ4n) is 1.98. The van der Waals surface area contributed by atoms with E-state index in [-0.39, 0.29) is 5.91 Å². The van der Waals surface area contributed by atoms with Crippen molar-refractivity contribution in [2.45, 2.75) is 26.4 Å². The van der Waals surface area contributed by atoms with E-state index in [1.165, 1.54) is 0 Å². The van der Waals surface area contributed by atoms with Gasteiger partial charge in [-0.05, 0) is 32.0 Å². The molecule has 0 spiro atoms. The van der Waals surface area contributed by atoms with Crippen molar-refractivity contribution >= 4 is 11.6 Å². The van der Waals surface area contributed by atoms with Crippen molar-refractivity contribution in [3.63, 3.8) is 0 Å². The third-order valence-electron chi connectivity index (χ3n) is 3.20. The lowest BCUT2D eigenvalue weighted by molar-refractivity contribution is 0.0827. The van der Waals surface area contributed by atoms with Crippen LogP contribution in [0.2, 0.25) is 0 Å². The minimum atomic E-state index is 0.00581. The number of rotatable bonds is 5. The van der Waals surface area contributed by atoms with Crippen LogP contribution in [0.5, 0.6) is 0 Å². The molecule has 0 radical (unpaired) electrons. The van der Waals surface area contributed by atoms with Crippen molar-refractivity contribution < 1.29 is 4.79 Å². The van der Waals surface area contributed by atoms with E-state index in [1.807, 2.05) is 41.3 Å². The van der Waals surface area contributed by atoms with E-state index in [4.69, 9.17) is 0 Å². The van der Waals surface area contributed by atoms with Crippen LogP contribution in [-0.4, -0.2) is 34.7 Å². The molecule has 0 aliphatic carbocycles. The molecular formula is C16H22N4O. The van der Waals surface area contributed by atoms with Gasteiger partial charge in [0.2, 0.25) is 0 Å². The molecule has 0 saturated heterocycles. The summed E-state index contributed by atoms with van der Waals surface area (Å²) in [6, 6.07) is 7.90. The third kappa shape index (κ3) is 3.84. The second kappa shape index (κ2) is 6.43. The van der Waals surface area contributed by atoms with E-state index in [9.17, 15) is 4.79 Å². The number of aromatic nitrogens is 2. The molecule has 2 rings (SSSR count). The number of amides is 1. The average molecular weight is 286 g/mol. The van der Waals surface area contributed by atoms with Gasteiger partial charge in [0.25, 0.3) is 5.91 Å². The zero-order valence-electron chi connectivity index (χ0n) is 13.0. The molecule has 112 valence electrons. The minimum absolute atomic E-state index is 0.00581. The quantitative estimate of drug-likeness (QED) is 0.919. The number of nitrogens with zero attached hydrogens (tertiary/aromatic N) is 3. The molecule has 0 aliphatic heterocycles. The highest BCUT2D eigenvalue weighted by molar-refractivity contribution is 5.94. The summed E-state index contributed by atoms with van der Waals surface area (Å²) >= 11 is 0. The summed E-state index contributed by atoms with van der Waals surface area (Å²) in [5.41, 5.74) is 2.73. The van der Waals surface area contributed by atoms with Crippen molar-refractivity contribution in [2.24, 2.45) is 0 Å². The molecule has 21 heavy (non-hydrogen) atoms. The van der Waals surface area contributed by atoms with Crippen molar-refractivity contribution in [3.8, 4) is 0 Å². The van der Waals surface area contributed by atoms with E-state index < -0.39 is 0 Å². The van der Waals surface area contributed by atoms with E-state index in [1.54, 1.807) is 19.0 Å². The Labute approximate surface area is 125 Å². The maximum Gasteiger partial charge on any atom is 0.253 e. The van der Waals surface area contributed by atoms with E-state index >= 15 is 0 Å². The Morgan fingerprint density at radius 2 is 2.14 bits per heavy atom. The van der Waals surface area contributed by atoms with E-state index in [2.05, 4.69) is 24.3 Å². The molecule has 1 aromatic carbocycles. The normalized spacial score (nSPS) is 10.7. The highest BCUT2D eigenvalue weighted by atomic mass is 16.2. The standard InChI is InChI=1S/C16H22N4O/c1-12(2)20-11-13(10-18-20)9-17-15-7-5-6-14(8-15)16(21)19(3)4/h5-8,10-12,17H,9H2,1-4H3. The lowest BCUT2D eigenvalue weighted by atomic mass is 10.2. The summed E-state index contributed by atoms with van der Waals surface area (Å²) in [6.07, 6.45) is 3.90. The van der Waals surface area contributed by atoms with Gasteiger partial charge in [0, 0.05) is 49.7 Å². The first-order valence-electron chi connectivity index (χ1n) is 7.06. The molecule has 0 unspecified atom stereocenters. The van der Waals surface area contributed by atoms with Crippen LogP contribution in [0.3, 0.4) is 0 Å². The highest BCUT2D eigenvalue weighted by Gasteiger charge is 2.08. The van der Waals surface area contributed by atoms with Gasteiger partial charge >= 0.3 is 0 Å². The van der Waals surface area contributed by atoms with Crippen LogP contribution < -0.4 is 5.32 Å². The Kier molecular flexibility index (Phi) is 4.62. The maximum absolute atomic E-state index is 11.9. The second-order valence-corrected chi connectivity index (χ2v) is 5.56. The van der Waals surface area contributed by atoms with Gasteiger partial charge in [-0.1, -0.05) is 6.07 Å². The molecule has 5 heteroatoms. The molecule has 1 amide bonds. The zero-order chi connectivity index (χ0) is 15.4. The Balaban J connectivity index is 2.02. The summed E-state index contributed by atoms with van der Waals surface area (Å²) in [4.78, 5) is 13.5. The molecule has 2 aromatic rings. The summed E-state index contributed by atoms with van der Waals surface area (Å²) in [6.45, 7) is 4.88. The lowest BCUT2D eigenvalue weighted by Crippen LogP contribution is -2.21. The molecule has 0 atom stereocenters. The zero-order valence-corrected chi connectivity index (χ0v) is 13.0. The Morgan fingerprint density at radius 1 is 1.38 bits per heavy atom. The predicted octanol–water partition coefficient (Wildman–Crippen LogP) is 2.78. The van der Waals surface area contributed by atoms with Crippen LogP contribution in [0.15, 0.2) is 36.7 Å². The molecule has 0 aliphatic rings. The minimum Gasteiger partial charge on any atom is -0.381 e. The van der Waals surface area contributed by atoms with Crippen molar-refractivity contribution in [1.29, 1.82) is 0 Å². The largest absolute Gasteiger partial charge is 0.381 e. The van der Waals surface area contributed by atoms with Crippen molar-refractivity contribution in [1.82, 2.24) is 14.7 Å². The van der Waals surface area contributed by atoms with Crippen LogP contribution in [0, 0.1) is 0 Å². The first-order chi connectivity index (χ1) is 9.97. The van der Waals surface area contributed by atoms with Gasteiger partial charge in [0.1, 0.15) is 0 Å². The molecule has 1 aromatic heterocycles. The average Bonchev–Trinajstić information content (AvgIpc) is 2.93. The van der Waals surface area contributed by atoms with E-state index in [0.717, 1.165) is 11.3 Å². The number of hydrogen-bond acceptors (Lipinski definition) is 3. The Bertz CT molecular complexity index is 616. The predicted molar refractivity (Wildman–Crippen MR) is 84.4 cm³/mol. The number of benzene rings is 1. The summed E-state index contributed by atoms with van der Waals surface area (Å²) in [7, 11) is 3.51. The number of carbonyl (C=O) groups is 1. The van der Waals surface area contributed by atoms with Crippen LogP contribution in [0.25, 0.3) is 0 Å². The molecule has 1 N–H and O–H groups in total. The summed E-state index contributed by atoms with van der Waals surface area (Å²) in [5, 5.41) is 7.64. The SMILES string of the molecule is CC(C)n1cc(CNc2cccc(C(=O)N(C)C)c2)cn1. The van der Waals surface area contributed by atoms with Gasteiger partial charge in [0.05, 0.1) is 6.20 Å². The summed E-state index contributed by atoms with van der Waals surface area (Å²) in [5.74, 6) is 0.00581. The smallest absolute Gasteiger partial charge is 0.253 e. The fourth-order valence-corrected chi connectivity index (χ4v) is 1.98. The highest BCUT2D eigenvalue weighted by Crippen LogP contribution is 2.14. The molecule has 0 saturated carbocycles. The van der Waals surface area contributed by atoms with Gasteiger partial charge < -0.3 is 10.2 Å². The van der Waals surface area contributed by atoms with Crippen molar-refractivity contribution in [2.75, 3.05) is 19.4 Å². The first kappa shape index (κ1) is 15.1. The Morgan fingerprint density at radius 3 is 2.76 bits per heavy atom. The second-order valence-electron chi connectivity index (χ2n) is 5.56. The maximum atomic E-state index is 11.9. The van der Waals surface area contributed by atoms with Crippen LogP contribution >= 0.6 is 0 Å². The monoisotopic (exact) mass is 286 g/mol. The number of hydrogen-bond donors (Lipinski definition) is 1. The molecule has 5 nitrogen and oxygen atoms in total. The molecular weight excluding hydrogens is 264 g/mol. The molecule has 1 heterocycles. The first-order valence-corrected chi connectivity index (χ1v) is 7.06. The number of nitrogens with one attached hydrogen (secondary N) is 1. The van der Waals surface area contributed by atoms with Crippen molar-refractivity contribution in [3.05, 3.63) is 47.8 Å². The summed E-state index contributed by atoms with van der Waals surface area (Å²) < 4.78 is 1.93. The molecule has 0 bridgehead atoms. The van der Waals surface area contributed by atoms with Gasteiger partial charge in [-0.15, -0.1) is 0 Å². The van der Waals surface area contributed by atoms with Crippen LogP contribution in [-0.2, 0) is 6.54 Å². The fraction of sp³-hybridized carbons (Fsp3) is 0.375. The van der Waals surface area contributed by atoms with Gasteiger partial charge in [-0.25, -0.2) is 0 Å². The van der Waals surface area contributed by atoms with Crippen LogP contribution in [0.4, 0.5) is 5.69 Å².